The van der Waals surface area contributed by atoms with Crippen molar-refractivity contribution in [2.75, 3.05) is 0 Å². The molecule has 2 heteroatoms. The molecule has 0 radical (unpaired) electrons. The van der Waals surface area contributed by atoms with Gasteiger partial charge >= 0.3 is 0 Å². The van der Waals surface area contributed by atoms with Gasteiger partial charge in [-0.2, -0.15) is 0 Å². The molecule has 0 atom stereocenters. The molecule has 0 saturated carbocycles. The summed E-state index contributed by atoms with van der Waals surface area (Å²) in [6.45, 7) is 0.0847. The minimum atomic E-state index is 0.0847. The second kappa shape index (κ2) is 3.15. The number of nitrogens with zero attached hydrogens (tertiary/aromatic N) is 1. The van der Waals surface area contributed by atoms with Gasteiger partial charge in [0, 0.05) is 11.5 Å². The smallest absolute Gasteiger partial charge is 0.207 e. The van der Waals surface area contributed by atoms with E-state index in [1.54, 1.807) is 0 Å². The van der Waals surface area contributed by atoms with Crippen molar-refractivity contribution >= 4 is 10.8 Å². The molecule has 0 amide bonds. The number of hydrogen-bond acceptors (Lipinski definition) is 1. The van der Waals surface area contributed by atoms with Crippen LogP contribution in [0, 0.1) is 0 Å². The van der Waals surface area contributed by atoms with Gasteiger partial charge in [-0.05, 0) is 11.5 Å². The Bertz CT molecular complexity index is 437. The van der Waals surface area contributed by atoms with Crippen molar-refractivity contribution in [2.45, 2.75) is 6.61 Å². The molecule has 0 bridgehead atoms. The molecule has 0 saturated heterocycles. The lowest BCUT2D eigenvalue weighted by atomic mass is 10.1. The Kier molecular flexibility index (Phi) is 1.99. The predicted octanol–water partition coefficient (Wildman–Crippen LogP) is 1.16. The lowest BCUT2D eigenvalue weighted by Gasteiger charge is -1.99. The summed E-state index contributed by atoms with van der Waals surface area (Å²) in [6.07, 6.45) is 2.03. The molecule has 0 aliphatic rings. The largest absolute Gasteiger partial charge is 0.385 e. The Morgan fingerprint density at radius 3 is 2.62 bits per heavy atom. The SMILES string of the molecule is C[n+]1cc2ccccc2cc1CO. The zero-order valence-electron chi connectivity index (χ0n) is 7.57. The second-order valence-corrected chi connectivity index (χ2v) is 3.16. The van der Waals surface area contributed by atoms with E-state index in [0.717, 1.165) is 5.69 Å². The van der Waals surface area contributed by atoms with E-state index in [1.165, 1.54) is 10.8 Å². The standard InChI is InChI=1S/C11H12NO/c1-12-7-10-5-3-2-4-9(10)6-11(12)8-13/h2-7,13H,8H2,1H3/q+1. The number of hydrogen-bond donors (Lipinski definition) is 1. The fraction of sp³-hybridized carbons (Fsp3) is 0.182. The van der Waals surface area contributed by atoms with Gasteiger partial charge in [0.05, 0.1) is 0 Å². The van der Waals surface area contributed by atoms with E-state index in [4.69, 9.17) is 5.11 Å². The van der Waals surface area contributed by atoms with Crippen LogP contribution in [0.5, 0.6) is 0 Å². The normalized spacial score (nSPS) is 10.6. The van der Waals surface area contributed by atoms with Crippen LogP contribution in [0.2, 0.25) is 0 Å². The van der Waals surface area contributed by atoms with Gasteiger partial charge in [-0.3, -0.25) is 0 Å². The third-order valence-corrected chi connectivity index (χ3v) is 2.27. The first-order valence-corrected chi connectivity index (χ1v) is 4.29. The van der Waals surface area contributed by atoms with Crippen LogP contribution in [0.3, 0.4) is 0 Å². The Morgan fingerprint density at radius 2 is 1.92 bits per heavy atom. The Hall–Kier alpha value is -1.41. The number of aliphatic hydroxyl groups excluding tert-OH is 1. The van der Waals surface area contributed by atoms with Crippen LogP contribution in [-0.4, -0.2) is 5.11 Å². The number of fused-ring (bicyclic) bond motifs is 1. The minimum Gasteiger partial charge on any atom is -0.385 e. The number of aromatic nitrogens is 1. The molecule has 13 heavy (non-hydrogen) atoms. The summed E-state index contributed by atoms with van der Waals surface area (Å²) in [7, 11) is 1.94. The van der Waals surface area contributed by atoms with Crippen molar-refractivity contribution in [3.63, 3.8) is 0 Å². The highest BCUT2D eigenvalue weighted by atomic mass is 16.3. The molecule has 2 aromatic rings. The average Bonchev–Trinajstić information content (AvgIpc) is 2.17. The van der Waals surface area contributed by atoms with E-state index in [-0.39, 0.29) is 6.61 Å². The molecule has 0 aliphatic carbocycles. The van der Waals surface area contributed by atoms with Gasteiger partial charge in [-0.1, -0.05) is 18.2 Å². The van der Waals surface area contributed by atoms with Crippen LogP contribution in [0.4, 0.5) is 0 Å². The summed E-state index contributed by atoms with van der Waals surface area (Å²) >= 11 is 0. The van der Waals surface area contributed by atoms with Gasteiger partial charge in [-0.25, -0.2) is 4.57 Å². The third-order valence-electron chi connectivity index (χ3n) is 2.27. The van der Waals surface area contributed by atoms with Crippen molar-refractivity contribution in [1.29, 1.82) is 0 Å². The monoisotopic (exact) mass is 174 g/mol. The van der Waals surface area contributed by atoms with Crippen LogP contribution >= 0.6 is 0 Å². The minimum absolute atomic E-state index is 0.0847. The number of rotatable bonds is 1. The maximum atomic E-state index is 9.06. The first-order chi connectivity index (χ1) is 6.31. The molecule has 1 aromatic heterocycles. The maximum Gasteiger partial charge on any atom is 0.207 e. The molecule has 1 N–H and O–H groups in total. The molecule has 0 spiro atoms. The number of pyridine rings is 1. The molecular weight excluding hydrogens is 162 g/mol. The van der Waals surface area contributed by atoms with Crippen molar-refractivity contribution in [3.05, 3.63) is 42.2 Å². The highest BCUT2D eigenvalue weighted by Crippen LogP contribution is 2.11. The lowest BCUT2D eigenvalue weighted by molar-refractivity contribution is -0.679. The second-order valence-electron chi connectivity index (χ2n) is 3.16. The first-order valence-electron chi connectivity index (χ1n) is 4.29. The zero-order chi connectivity index (χ0) is 9.26. The van der Waals surface area contributed by atoms with Gasteiger partial charge < -0.3 is 5.11 Å². The molecule has 66 valence electrons. The topological polar surface area (TPSA) is 24.1 Å². The Labute approximate surface area is 77.1 Å². The molecular formula is C11H12NO+. The van der Waals surface area contributed by atoms with Gasteiger partial charge in [0.2, 0.25) is 5.69 Å². The van der Waals surface area contributed by atoms with E-state index < -0.39 is 0 Å². The van der Waals surface area contributed by atoms with E-state index >= 15 is 0 Å². The van der Waals surface area contributed by atoms with E-state index in [2.05, 4.69) is 12.1 Å². The van der Waals surface area contributed by atoms with Crippen LogP contribution in [0.25, 0.3) is 10.8 Å². The fourth-order valence-electron chi connectivity index (χ4n) is 1.49. The Balaban J connectivity index is 2.74. The molecule has 0 aliphatic heterocycles. The van der Waals surface area contributed by atoms with Crippen molar-refractivity contribution < 1.29 is 9.67 Å². The van der Waals surface area contributed by atoms with E-state index in [0.29, 0.717) is 0 Å². The van der Waals surface area contributed by atoms with Gasteiger partial charge in [0.15, 0.2) is 6.20 Å². The zero-order valence-corrected chi connectivity index (χ0v) is 7.57. The van der Waals surface area contributed by atoms with E-state index in [1.807, 2.05) is 36.0 Å². The summed E-state index contributed by atoms with van der Waals surface area (Å²) in [6, 6.07) is 10.1. The van der Waals surface area contributed by atoms with Gasteiger partial charge in [-0.15, -0.1) is 0 Å². The van der Waals surface area contributed by atoms with Crippen molar-refractivity contribution in [2.24, 2.45) is 7.05 Å². The summed E-state index contributed by atoms with van der Waals surface area (Å²) in [5, 5.41) is 11.4. The maximum absolute atomic E-state index is 9.06. The molecule has 2 rings (SSSR count). The quantitative estimate of drug-likeness (QED) is 0.644. The number of aryl methyl sites for hydroxylation is 1. The van der Waals surface area contributed by atoms with Crippen molar-refractivity contribution in [3.8, 4) is 0 Å². The number of benzene rings is 1. The van der Waals surface area contributed by atoms with Crippen LogP contribution in [0.1, 0.15) is 5.69 Å². The molecule has 2 nitrogen and oxygen atoms in total. The van der Waals surface area contributed by atoms with E-state index in [9.17, 15) is 0 Å². The first kappa shape index (κ1) is 8.20. The predicted molar refractivity (Wildman–Crippen MR) is 51.0 cm³/mol. The average molecular weight is 174 g/mol. The van der Waals surface area contributed by atoms with Gasteiger partial charge in [0.25, 0.3) is 0 Å². The van der Waals surface area contributed by atoms with Crippen molar-refractivity contribution in [1.82, 2.24) is 0 Å². The summed E-state index contributed by atoms with van der Waals surface area (Å²) in [4.78, 5) is 0. The van der Waals surface area contributed by atoms with Crippen LogP contribution in [0.15, 0.2) is 36.5 Å². The van der Waals surface area contributed by atoms with Crippen LogP contribution in [-0.2, 0) is 13.7 Å². The molecule has 0 unspecified atom stereocenters. The third kappa shape index (κ3) is 1.40. The molecule has 1 aromatic carbocycles. The highest BCUT2D eigenvalue weighted by Gasteiger charge is 2.06. The Morgan fingerprint density at radius 1 is 1.23 bits per heavy atom. The number of aliphatic hydroxyl groups is 1. The van der Waals surface area contributed by atoms with Crippen LogP contribution < -0.4 is 4.57 Å². The lowest BCUT2D eigenvalue weighted by Crippen LogP contribution is -2.32. The summed E-state index contributed by atoms with van der Waals surface area (Å²) < 4.78 is 1.95. The summed E-state index contributed by atoms with van der Waals surface area (Å²) in [5.41, 5.74) is 0.929. The van der Waals surface area contributed by atoms with Gasteiger partial charge in [0.1, 0.15) is 13.7 Å². The molecule has 0 fully saturated rings. The summed E-state index contributed by atoms with van der Waals surface area (Å²) in [5.74, 6) is 0. The fourth-order valence-corrected chi connectivity index (χ4v) is 1.49. The molecule has 1 heterocycles. The highest BCUT2D eigenvalue weighted by molar-refractivity contribution is 5.80.